The maximum Gasteiger partial charge on any atom is 0.0786 e. The third-order valence-corrected chi connectivity index (χ3v) is 4.37. The van der Waals surface area contributed by atoms with Crippen LogP contribution < -0.4 is 17.0 Å². The molecule has 0 aromatic carbocycles. The Kier molecular flexibility index (Phi) is 18.0. The fraction of sp³-hybridized carbons (Fsp3) is 1.00. The van der Waals surface area contributed by atoms with E-state index in [1.54, 1.807) is 0 Å². The number of hydrogen-bond acceptors (Lipinski definition) is 0. The lowest BCUT2D eigenvalue weighted by Crippen LogP contribution is -3.00. The molecule has 0 aliphatic rings. The Morgan fingerprint density at radius 3 is 1.15 bits per heavy atom. The van der Waals surface area contributed by atoms with Gasteiger partial charge in [-0.1, -0.05) is 53.4 Å². The topological polar surface area (TPSA) is 0 Å². The summed E-state index contributed by atoms with van der Waals surface area (Å²) < 4.78 is 1.42. The average molecular weight is 350 g/mol. The number of hydrogen-bond donors (Lipinski definition) is 0. The summed E-state index contributed by atoms with van der Waals surface area (Å²) in [5, 5.41) is 0. The number of unbranched alkanes of at least 4 members (excludes halogenated alkanes) is 6. The quantitative estimate of drug-likeness (QED) is 0.334. The second-order valence-electron chi connectivity index (χ2n) is 6.36. The highest BCUT2D eigenvalue weighted by atomic mass is 79.9. The van der Waals surface area contributed by atoms with Crippen LogP contribution >= 0.6 is 0 Å². The molecule has 0 spiro atoms. The third-order valence-electron chi connectivity index (χ3n) is 4.37. The molecule has 0 aliphatic carbocycles. The molecule has 0 amide bonds. The van der Waals surface area contributed by atoms with Gasteiger partial charge in [0.2, 0.25) is 0 Å². The molecule has 2 heteroatoms. The molecule has 0 saturated carbocycles. The summed E-state index contributed by atoms with van der Waals surface area (Å²) in [7, 11) is 0. The third kappa shape index (κ3) is 11.1. The largest absolute Gasteiger partial charge is 1.00 e. The van der Waals surface area contributed by atoms with Gasteiger partial charge in [-0.05, 0) is 38.5 Å². The second kappa shape index (κ2) is 15.8. The summed E-state index contributed by atoms with van der Waals surface area (Å²) in [6.45, 7) is 15.0. The second-order valence-corrected chi connectivity index (χ2v) is 6.36. The molecule has 0 aromatic rings. The maximum absolute atomic E-state index is 2.36. The van der Waals surface area contributed by atoms with E-state index < -0.39 is 0 Å². The van der Waals surface area contributed by atoms with Crippen molar-refractivity contribution in [1.82, 2.24) is 0 Å². The van der Waals surface area contributed by atoms with Gasteiger partial charge in [-0.15, -0.1) is 0 Å². The molecule has 0 aliphatic heterocycles. The summed E-state index contributed by atoms with van der Waals surface area (Å²) in [6, 6.07) is 0. The van der Waals surface area contributed by atoms with Gasteiger partial charge in [-0.25, -0.2) is 0 Å². The standard InChI is InChI=1S/C18H40N.BrH/c1-5-9-11-13-17-19(15-7-3,16-8-4)18-14-12-10-6-2;/h5-18H2,1-4H3;1H/q+1;/p-1. The molecule has 0 unspecified atom stereocenters. The fourth-order valence-corrected chi connectivity index (χ4v) is 3.37. The normalized spacial score (nSPS) is 11.4. The Bertz CT molecular complexity index is 162. The minimum Gasteiger partial charge on any atom is -1.00 e. The van der Waals surface area contributed by atoms with E-state index in [4.69, 9.17) is 0 Å². The van der Waals surface area contributed by atoms with Crippen LogP contribution in [0.15, 0.2) is 0 Å². The molecule has 124 valence electrons. The van der Waals surface area contributed by atoms with Gasteiger partial charge in [0.25, 0.3) is 0 Å². The molecule has 0 saturated heterocycles. The molecule has 20 heavy (non-hydrogen) atoms. The first kappa shape index (κ1) is 22.7. The van der Waals surface area contributed by atoms with Crippen molar-refractivity contribution in [2.75, 3.05) is 26.2 Å². The number of halogens is 1. The summed E-state index contributed by atoms with van der Waals surface area (Å²) in [5.74, 6) is 0. The summed E-state index contributed by atoms with van der Waals surface area (Å²) >= 11 is 0. The van der Waals surface area contributed by atoms with Gasteiger partial charge in [0, 0.05) is 0 Å². The van der Waals surface area contributed by atoms with Crippen LogP contribution in [0.3, 0.4) is 0 Å². The minimum atomic E-state index is 0. The van der Waals surface area contributed by atoms with Gasteiger partial charge in [0.1, 0.15) is 0 Å². The van der Waals surface area contributed by atoms with E-state index in [9.17, 15) is 0 Å². The molecular weight excluding hydrogens is 310 g/mol. The van der Waals surface area contributed by atoms with E-state index in [0.717, 1.165) is 0 Å². The molecule has 1 nitrogen and oxygen atoms in total. The highest BCUT2D eigenvalue weighted by molar-refractivity contribution is 4.50. The Morgan fingerprint density at radius 1 is 0.450 bits per heavy atom. The zero-order chi connectivity index (χ0) is 14.4. The zero-order valence-electron chi connectivity index (χ0n) is 14.7. The van der Waals surface area contributed by atoms with Crippen molar-refractivity contribution in [1.29, 1.82) is 0 Å². The van der Waals surface area contributed by atoms with Crippen molar-refractivity contribution >= 4 is 0 Å². The molecule has 0 atom stereocenters. The van der Waals surface area contributed by atoms with Crippen LogP contribution in [0.4, 0.5) is 0 Å². The first-order valence-electron chi connectivity index (χ1n) is 9.09. The molecule has 0 fully saturated rings. The van der Waals surface area contributed by atoms with Gasteiger partial charge in [0.05, 0.1) is 26.2 Å². The average Bonchev–Trinajstić information content (AvgIpc) is 2.41. The predicted molar refractivity (Wildman–Crippen MR) is 88.6 cm³/mol. The number of nitrogens with zero attached hydrogens (tertiary/aromatic N) is 1. The van der Waals surface area contributed by atoms with Crippen LogP contribution in [0, 0.1) is 0 Å². The zero-order valence-corrected chi connectivity index (χ0v) is 16.3. The molecule has 0 bridgehead atoms. The van der Waals surface area contributed by atoms with E-state index in [1.807, 2.05) is 0 Å². The molecule has 0 rings (SSSR count). The lowest BCUT2D eigenvalue weighted by Gasteiger charge is -2.39. The Labute approximate surface area is 139 Å². The van der Waals surface area contributed by atoms with Crippen LogP contribution in [0.25, 0.3) is 0 Å². The lowest BCUT2D eigenvalue weighted by molar-refractivity contribution is -0.928. The van der Waals surface area contributed by atoms with Gasteiger partial charge < -0.3 is 21.5 Å². The molecule has 0 N–H and O–H groups in total. The summed E-state index contributed by atoms with van der Waals surface area (Å²) in [6.07, 6.45) is 14.0. The van der Waals surface area contributed by atoms with E-state index in [0.29, 0.717) is 0 Å². The van der Waals surface area contributed by atoms with Gasteiger partial charge in [-0.2, -0.15) is 0 Å². The summed E-state index contributed by atoms with van der Waals surface area (Å²) in [4.78, 5) is 0. The predicted octanol–water partition coefficient (Wildman–Crippen LogP) is 2.79. The Morgan fingerprint density at radius 2 is 0.850 bits per heavy atom. The van der Waals surface area contributed by atoms with Crippen molar-refractivity contribution in [3.05, 3.63) is 0 Å². The fourth-order valence-electron chi connectivity index (χ4n) is 3.37. The Balaban J connectivity index is 0. The van der Waals surface area contributed by atoms with E-state index in [1.165, 1.54) is 94.9 Å². The maximum atomic E-state index is 2.36. The van der Waals surface area contributed by atoms with Crippen molar-refractivity contribution in [2.45, 2.75) is 91.9 Å². The number of quaternary nitrogens is 1. The lowest BCUT2D eigenvalue weighted by atomic mass is 10.1. The van der Waals surface area contributed by atoms with E-state index in [-0.39, 0.29) is 17.0 Å². The smallest absolute Gasteiger partial charge is 0.0786 e. The highest BCUT2D eigenvalue weighted by Gasteiger charge is 2.24. The molecule has 0 aromatic heterocycles. The molecular formula is C18H40BrN. The van der Waals surface area contributed by atoms with Crippen LogP contribution in [0.1, 0.15) is 91.9 Å². The van der Waals surface area contributed by atoms with E-state index >= 15 is 0 Å². The number of rotatable bonds is 14. The van der Waals surface area contributed by atoms with E-state index in [2.05, 4.69) is 27.7 Å². The minimum absolute atomic E-state index is 0. The SMILES string of the molecule is CCCCCC[N+](CCC)(CCC)CCCCCC.[Br-]. The van der Waals surface area contributed by atoms with Crippen LogP contribution in [0.2, 0.25) is 0 Å². The molecule has 0 radical (unpaired) electrons. The first-order chi connectivity index (χ1) is 9.24. The highest BCUT2D eigenvalue weighted by Crippen LogP contribution is 2.16. The van der Waals surface area contributed by atoms with Gasteiger partial charge in [-0.3, -0.25) is 0 Å². The van der Waals surface area contributed by atoms with Crippen molar-refractivity contribution in [3.63, 3.8) is 0 Å². The van der Waals surface area contributed by atoms with Crippen molar-refractivity contribution in [3.8, 4) is 0 Å². The molecule has 0 heterocycles. The van der Waals surface area contributed by atoms with Gasteiger partial charge in [0.15, 0.2) is 0 Å². The summed E-state index contributed by atoms with van der Waals surface area (Å²) in [5.41, 5.74) is 0. The van der Waals surface area contributed by atoms with Crippen LogP contribution in [0.5, 0.6) is 0 Å². The first-order valence-corrected chi connectivity index (χ1v) is 9.09. The van der Waals surface area contributed by atoms with Crippen molar-refractivity contribution < 1.29 is 21.5 Å². The van der Waals surface area contributed by atoms with Gasteiger partial charge >= 0.3 is 0 Å². The Hall–Kier alpha value is 0.440. The van der Waals surface area contributed by atoms with Crippen LogP contribution in [-0.4, -0.2) is 30.7 Å². The van der Waals surface area contributed by atoms with Crippen molar-refractivity contribution in [2.24, 2.45) is 0 Å². The van der Waals surface area contributed by atoms with Crippen LogP contribution in [-0.2, 0) is 0 Å². The monoisotopic (exact) mass is 349 g/mol.